The van der Waals surface area contributed by atoms with Crippen molar-refractivity contribution >= 4 is 45.8 Å². The van der Waals surface area contributed by atoms with Crippen LogP contribution in [0, 0.1) is 0 Å². The minimum Gasteiger partial charge on any atom is -0.143 e. The lowest BCUT2D eigenvalue weighted by molar-refractivity contribution is 1.14. The summed E-state index contributed by atoms with van der Waals surface area (Å²) in [6, 6.07) is 6.67. The lowest BCUT2D eigenvalue weighted by atomic mass is 10.1. The number of aryl methyl sites for hydroxylation is 1. The van der Waals surface area contributed by atoms with Gasteiger partial charge in [0.05, 0.1) is 4.21 Å². The van der Waals surface area contributed by atoms with Crippen molar-refractivity contribution in [2.75, 3.05) is 6.26 Å². The molecule has 0 saturated heterocycles. The molecule has 0 aliphatic rings. The molecule has 0 amide bonds. The highest BCUT2D eigenvalue weighted by Gasteiger charge is 2.05. The van der Waals surface area contributed by atoms with E-state index in [2.05, 4.69) is 44.0 Å². The molecule has 0 bridgehead atoms. The highest BCUT2D eigenvalue weighted by atomic mass is 32.2. The molecule has 0 radical (unpaired) electrons. The van der Waals surface area contributed by atoms with Crippen molar-refractivity contribution < 1.29 is 0 Å². The summed E-state index contributed by atoms with van der Waals surface area (Å²) < 4.78 is 2.72. The Balaban J connectivity index is 2.67. The summed E-state index contributed by atoms with van der Waals surface area (Å²) >= 11 is 8.18. The van der Waals surface area contributed by atoms with Gasteiger partial charge in [-0.05, 0) is 36.4 Å². The Morgan fingerprint density at radius 1 is 1.36 bits per heavy atom. The van der Waals surface area contributed by atoms with Crippen molar-refractivity contribution in [2.24, 2.45) is 0 Å². The first kappa shape index (κ1) is 10.4. The van der Waals surface area contributed by atoms with E-state index in [4.69, 9.17) is 0 Å². The van der Waals surface area contributed by atoms with Crippen LogP contribution in [0.5, 0.6) is 0 Å². The molecule has 0 nitrogen and oxygen atoms in total. The van der Waals surface area contributed by atoms with Gasteiger partial charge in [0.25, 0.3) is 0 Å². The van der Waals surface area contributed by atoms with Crippen molar-refractivity contribution in [1.29, 1.82) is 0 Å². The van der Waals surface area contributed by atoms with Gasteiger partial charge in [0.15, 0.2) is 0 Å². The van der Waals surface area contributed by atoms with Crippen LogP contribution >= 0.6 is 35.7 Å². The van der Waals surface area contributed by atoms with E-state index < -0.39 is 0 Å². The van der Waals surface area contributed by atoms with Crippen LogP contribution in [0.25, 0.3) is 10.1 Å². The van der Waals surface area contributed by atoms with Crippen molar-refractivity contribution in [2.45, 2.75) is 22.4 Å². The van der Waals surface area contributed by atoms with Crippen LogP contribution in [-0.2, 0) is 6.42 Å². The van der Waals surface area contributed by atoms with E-state index in [-0.39, 0.29) is 0 Å². The summed E-state index contributed by atoms with van der Waals surface area (Å²) in [4.78, 5) is 1.11. The van der Waals surface area contributed by atoms with Crippen LogP contribution in [0.3, 0.4) is 0 Å². The first-order chi connectivity index (χ1) is 6.74. The number of hydrogen-bond acceptors (Lipinski definition) is 3. The molecule has 0 saturated carbocycles. The van der Waals surface area contributed by atoms with Crippen LogP contribution < -0.4 is 0 Å². The van der Waals surface area contributed by atoms with E-state index in [9.17, 15) is 0 Å². The normalized spacial score (nSPS) is 11.1. The summed E-state index contributed by atoms with van der Waals surface area (Å²) in [5.74, 6) is 0. The van der Waals surface area contributed by atoms with Gasteiger partial charge >= 0.3 is 0 Å². The molecular formula is C11H12S3. The first-order valence-corrected chi connectivity index (χ1v) is 7.03. The molecule has 1 heterocycles. The average Bonchev–Trinajstić information content (AvgIpc) is 2.61. The zero-order valence-electron chi connectivity index (χ0n) is 8.20. The number of thiophene rings is 1. The maximum Gasteiger partial charge on any atom is 0.0608 e. The highest BCUT2D eigenvalue weighted by molar-refractivity contribution is 8.00. The highest BCUT2D eigenvalue weighted by Crippen LogP contribution is 2.35. The molecule has 0 atom stereocenters. The van der Waals surface area contributed by atoms with Crippen molar-refractivity contribution in [3.05, 3.63) is 23.8 Å². The lowest BCUT2D eigenvalue weighted by Gasteiger charge is -1.99. The number of hydrogen-bond donors (Lipinski definition) is 1. The fourth-order valence-electron chi connectivity index (χ4n) is 1.46. The molecule has 1 aromatic carbocycles. The minimum atomic E-state index is 1.08. The quantitative estimate of drug-likeness (QED) is 0.597. The van der Waals surface area contributed by atoms with Crippen molar-refractivity contribution in [3.8, 4) is 0 Å². The van der Waals surface area contributed by atoms with Gasteiger partial charge in [-0.1, -0.05) is 6.92 Å². The van der Waals surface area contributed by atoms with E-state index >= 15 is 0 Å². The smallest absolute Gasteiger partial charge is 0.0608 e. The SMILES string of the molecule is CCc1cc(S)c2cc(SC)sc2c1. The number of thiol groups is 1. The van der Waals surface area contributed by atoms with Gasteiger partial charge in [-0.3, -0.25) is 0 Å². The Kier molecular flexibility index (Phi) is 3.10. The van der Waals surface area contributed by atoms with Crippen LogP contribution in [0.4, 0.5) is 0 Å². The minimum absolute atomic E-state index is 1.08. The van der Waals surface area contributed by atoms with Crippen LogP contribution in [0.1, 0.15) is 12.5 Å². The van der Waals surface area contributed by atoms with Gasteiger partial charge in [0.1, 0.15) is 0 Å². The van der Waals surface area contributed by atoms with E-state index in [1.807, 2.05) is 11.3 Å². The summed E-state index contributed by atoms with van der Waals surface area (Å²) in [7, 11) is 0. The van der Waals surface area contributed by atoms with Crippen LogP contribution in [0.15, 0.2) is 27.3 Å². The summed E-state index contributed by atoms with van der Waals surface area (Å²) in [5, 5.41) is 1.29. The molecule has 0 unspecified atom stereocenters. The van der Waals surface area contributed by atoms with Gasteiger partial charge in [-0.25, -0.2) is 0 Å². The largest absolute Gasteiger partial charge is 0.143 e. The van der Waals surface area contributed by atoms with E-state index in [1.54, 1.807) is 11.8 Å². The Bertz CT molecular complexity index is 457. The fraction of sp³-hybridized carbons (Fsp3) is 0.273. The molecule has 0 aliphatic heterocycles. The molecule has 0 N–H and O–H groups in total. The third-order valence-electron chi connectivity index (χ3n) is 2.26. The molecule has 0 fully saturated rings. The predicted octanol–water partition coefficient (Wildman–Crippen LogP) is 4.47. The summed E-state index contributed by atoms with van der Waals surface area (Å²) in [5.41, 5.74) is 1.37. The Hall–Kier alpha value is -0.120. The monoisotopic (exact) mass is 240 g/mol. The number of thioether (sulfide) groups is 1. The molecule has 3 heteroatoms. The average molecular weight is 240 g/mol. The van der Waals surface area contributed by atoms with Gasteiger partial charge in [-0.2, -0.15) is 0 Å². The Morgan fingerprint density at radius 2 is 2.14 bits per heavy atom. The molecule has 2 aromatic rings. The van der Waals surface area contributed by atoms with E-state index in [0.717, 1.165) is 11.3 Å². The number of rotatable bonds is 2. The zero-order valence-corrected chi connectivity index (χ0v) is 10.7. The van der Waals surface area contributed by atoms with Gasteiger partial charge in [0.2, 0.25) is 0 Å². The maximum atomic E-state index is 4.52. The van der Waals surface area contributed by atoms with Crippen LogP contribution in [-0.4, -0.2) is 6.26 Å². The van der Waals surface area contributed by atoms with E-state index in [1.165, 1.54) is 19.9 Å². The van der Waals surface area contributed by atoms with Gasteiger partial charge in [0, 0.05) is 15.0 Å². The summed E-state index contributed by atoms with van der Waals surface area (Å²) in [6.45, 7) is 2.18. The zero-order chi connectivity index (χ0) is 10.1. The second-order valence-electron chi connectivity index (χ2n) is 3.15. The molecular weight excluding hydrogens is 228 g/mol. The third kappa shape index (κ3) is 1.81. The van der Waals surface area contributed by atoms with Gasteiger partial charge in [-0.15, -0.1) is 35.7 Å². The lowest BCUT2D eigenvalue weighted by Crippen LogP contribution is -1.79. The summed E-state index contributed by atoms with van der Waals surface area (Å²) in [6.07, 6.45) is 3.19. The Labute approximate surface area is 98.1 Å². The topological polar surface area (TPSA) is 0 Å². The molecule has 14 heavy (non-hydrogen) atoms. The maximum absolute atomic E-state index is 4.52. The first-order valence-electron chi connectivity index (χ1n) is 4.54. The van der Waals surface area contributed by atoms with Gasteiger partial charge < -0.3 is 0 Å². The number of fused-ring (bicyclic) bond motifs is 1. The molecule has 0 spiro atoms. The van der Waals surface area contributed by atoms with Crippen LogP contribution in [0.2, 0.25) is 0 Å². The van der Waals surface area contributed by atoms with Crippen molar-refractivity contribution in [3.63, 3.8) is 0 Å². The fourth-order valence-corrected chi connectivity index (χ4v) is 3.60. The second kappa shape index (κ2) is 4.17. The predicted molar refractivity (Wildman–Crippen MR) is 70.2 cm³/mol. The molecule has 74 valence electrons. The molecule has 2 rings (SSSR count). The standard InChI is InChI=1S/C11H12S3/c1-3-7-4-9(12)8-6-11(13-2)14-10(8)5-7/h4-6,12H,3H2,1-2H3. The third-order valence-corrected chi connectivity index (χ3v) is 4.78. The number of benzene rings is 1. The Morgan fingerprint density at radius 3 is 2.79 bits per heavy atom. The molecule has 0 aliphatic carbocycles. The molecule has 1 aromatic heterocycles. The van der Waals surface area contributed by atoms with Crippen molar-refractivity contribution in [1.82, 2.24) is 0 Å². The second-order valence-corrected chi connectivity index (χ2v) is 5.82. The van der Waals surface area contributed by atoms with E-state index in [0.29, 0.717) is 0 Å².